The molecule has 1 aromatic carbocycles. The van der Waals surface area contributed by atoms with Gasteiger partial charge in [0.2, 0.25) is 10.0 Å². The van der Waals surface area contributed by atoms with Crippen LogP contribution in [-0.2, 0) is 10.0 Å². The molecule has 1 N–H and O–H groups in total. The number of sulfonamides is 1. The Kier molecular flexibility index (Phi) is 4.09. The topological polar surface area (TPSA) is 59.1 Å². The Balaban J connectivity index is 2.59. The van der Waals surface area contributed by atoms with Gasteiger partial charge in [-0.15, -0.1) is 0 Å². The fraction of sp³-hybridized carbons (Fsp3) is 0.267. The lowest BCUT2D eigenvalue weighted by Crippen LogP contribution is -2.10. The molecule has 0 bridgehead atoms. The normalized spacial score (nSPS) is 11.6. The van der Waals surface area contributed by atoms with Crippen molar-refractivity contribution in [1.29, 1.82) is 0 Å². The van der Waals surface area contributed by atoms with Gasteiger partial charge in [0.25, 0.3) is 0 Å². The van der Waals surface area contributed by atoms with Gasteiger partial charge in [0, 0.05) is 11.8 Å². The van der Waals surface area contributed by atoms with Crippen molar-refractivity contribution in [2.75, 3.05) is 11.0 Å². The predicted octanol–water partition coefficient (Wildman–Crippen LogP) is 3.24. The fourth-order valence-electron chi connectivity index (χ4n) is 2.09. The molecule has 2 aromatic rings. The quantitative estimate of drug-likeness (QED) is 0.940. The highest BCUT2D eigenvalue weighted by Crippen LogP contribution is 2.32. The first-order chi connectivity index (χ1) is 9.38. The molecule has 1 heterocycles. The largest absolute Gasteiger partial charge is 0.283 e. The first kappa shape index (κ1) is 14.5. The molecule has 0 aliphatic carbocycles. The summed E-state index contributed by atoms with van der Waals surface area (Å²) in [7, 11) is -3.32. The van der Waals surface area contributed by atoms with Gasteiger partial charge in [0.1, 0.15) is 0 Å². The third kappa shape index (κ3) is 3.36. The SMILES string of the molecule is CC(C)c1cccnc1-c1ccccc1NS(C)(=O)=O. The highest BCUT2D eigenvalue weighted by molar-refractivity contribution is 7.92. The fourth-order valence-corrected chi connectivity index (χ4v) is 2.66. The lowest BCUT2D eigenvalue weighted by atomic mass is 9.96. The number of hydrogen-bond acceptors (Lipinski definition) is 3. The van der Waals surface area contributed by atoms with E-state index in [-0.39, 0.29) is 0 Å². The Hall–Kier alpha value is -1.88. The van der Waals surface area contributed by atoms with Crippen molar-refractivity contribution in [1.82, 2.24) is 4.98 Å². The maximum atomic E-state index is 11.5. The number of hydrogen-bond donors (Lipinski definition) is 1. The number of rotatable bonds is 4. The molecule has 0 spiro atoms. The molecular weight excluding hydrogens is 272 g/mol. The molecule has 106 valence electrons. The molecule has 0 fully saturated rings. The van der Waals surface area contributed by atoms with Gasteiger partial charge in [-0.2, -0.15) is 0 Å². The zero-order valence-corrected chi connectivity index (χ0v) is 12.6. The summed E-state index contributed by atoms with van der Waals surface area (Å²) in [5.74, 6) is 0.310. The zero-order valence-electron chi connectivity index (χ0n) is 11.8. The van der Waals surface area contributed by atoms with Crippen LogP contribution in [0.15, 0.2) is 42.6 Å². The average Bonchev–Trinajstić information content (AvgIpc) is 2.37. The van der Waals surface area contributed by atoms with E-state index in [0.717, 1.165) is 23.1 Å². The molecule has 0 saturated carbocycles. The van der Waals surface area contributed by atoms with Crippen molar-refractivity contribution in [3.05, 3.63) is 48.2 Å². The first-order valence-corrected chi connectivity index (χ1v) is 8.29. The average molecular weight is 290 g/mol. The van der Waals surface area contributed by atoms with E-state index in [4.69, 9.17) is 0 Å². The van der Waals surface area contributed by atoms with Crippen molar-refractivity contribution in [2.24, 2.45) is 0 Å². The molecule has 0 radical (unpaired) electrons. The second-order valence-electron chi connectivity index (χ2n) is 5.02. The minimum atomic E-state index is -3.32. The second-order valence-corrected chi connectivity index (χ2v) is 6.76. The molecule has 4 nitrogen and oxygen atoms in total. The minimum absolute atomic E-state index is 0.310. The van der Waals surface area contributed by atoms with Crippen LogP contribution in [0.5, 0.6) is 0 Å². The molecule has 1 aromatic heterocycles. The molecule has 0 aliphatic rings. The lowest BCUT2D eigenvalue weighted by Gasteiger charge is -2.15. The summed E-state index contributed by atoms with van der Waals surface area (Å²) in [5.41, 5.74) is 3.25. The highest BCUT2D eigenvalue weighted by atomic mass is 32.2. The number of anilines is 1. The van der Waals surface area contributed by atoms with Crippen LogP contribution in [0.2, 0.25) is 0 Å². The Labute approximate surface area is 119 Å². The molecule has 2 rings (SSSR count). The van der Waals surface area contributed by atoms with Crippen molar-refractivity contribution >= 4 is 15.7 Å². The molecule has 20 heavy (non-hydrogen) atoms. The monoisotopic (exact) mass is 290 g/mol. The van der Waals surface area contributed by atoms with Crippen LogP contribution in [0.1, 0.15) is 25.3 Å². The van der Waals surface area contributed by atoms with Gasteiger partial charge in [0.05, 0.1) is 17.6 Å². The molecular formula is C15H18N2O2S. The Morgan fingerprint density at radius 2 is 1.80 bits per heavy atom. The molecule has 0 unspecified atom stereocenters. The molecule has 5 heteroatoms. The molecule has 0 aliphatic heterocycles. The maximum Gasteiger partial charge on any atom is 0.229 e. The van der Waals surface area contributed by atoms with E-state index >= 15 is 0 Å². The minimum Gasteiger partial charge on any atom is -0.283 e. The van der Waals surface area contributed by atoms with Gasteiger partial charge in [0.15, 0.2) is 0 Å². The van der Waals surface area contributed by atoms with Crippen LogP contribution in [0, 0.1) is 0 Å². The van der Waals surface area contributed by atoms with Crippen LogP contribution >= 0.6 is 0 Å². The number of nitrogens with zero attached hydrogens (tertiary/aromatic N) is 1. The summed E-state index contributed by atoms with van der Waals surface area (Å²) in [6.45, 7) is 4.18. The Morgan fingerprint density at radius 3 is 2.45 bits per heavy atom. The number of benzene rings is 1. The second kappa shape index (κ2) is 5.63. The highest BCUT2D eigenvalue weighted by Gasteiger charge is 2.14. The Bertz CT molecular complexity index is 709. The summed E-state index contributed by atoms with van der Waals surface area (Å²) >= 11 is 0. The van der Waals surface area contributed by atoms with Crippen LogP contribution in [-0.4, -0.2) is 19.7 Å². The summed E-state index contributed by atoms with van der Waals surface area (Å²) in [5, 5.41) is 0. The van der Waals surface area contributed by atoms with Crippen LogP contribution in [0.4, 0.5) is 5.69 Å². The first-order valence-electron chi connectivity index (χ1n) is 6.40. The standard InChI is InChI=1S/C15H18N2O2S/c1-11(2)12-8-6-10-16-15(12)13-7-4-5-9-14(13)17-20(3,18)19/h4-11,17H,1-3H3. The van der Waals surface area contributed by atoms with E-state index in [0.29, 0.717) is 11.6 Å². The number of pyridine rings is 1. The van der Waals surface area contributed by atoms with Gasteiger partial charge in [-0.1, -0.05) is 38.1 Å². The molecule has 0 amide bonds. The Morgan fingerprint density at radius 1 is 1.10 bits per heavy atom. The van der Waals surface area contributed by atoms with Gasteiger partial charge in [-0.25, -0.2) is 8.42 Å². The van der Waals surface area contributed by atoms with E-state index in [1.165, 1.54) is 0 Å². The van der Waals surface area contributed by atoms with E-state index < -0.39 is 10.0 Å². The predicted molar refractivity (Wildman–Crippen MR) is 82.2 cm³/mol. The van der Waals surface area contributed by atoms with Crippen LogP contribution in [0.25, 0.3) is 11.3 Å². The van der Waals surface area contributed by atoms with E-state index in [9.17, 15) is 8.42 Å². The van der Waals surface area contributed by atoms with Gasteiger partial charge < -0.3 is 0 Å². The molecule has 0 atom stereocenters. The zero-order chi connectivity index (χ0) is 14.8. The number of aromatic nitrogens is 1. The van der Waals surface area contributed by atoms with Gasteiger partial charge in [-0.3, -0.25) is 9.71 Å². The lowest BCUT2D eigenvalue weighted by molar-refractivity contribution is 0.607. The van der Waals surface area contributed by atoms with Gasteiger partial charge >= 0.3 is 0 Å². The third-order valence-corrected chi connectivity index (χ3v) is 3.53. The molecule has 0 saturated heterocycles. The van der Waals surface area contributed by atoms with Crippen molar-refractivity contribution in [3.8, 4) is 11.3 Å². The third-order valence-electron chi connectivity index (χ3n) is 2.94. The van der Waals surface area contributed by atoms with Crippen LogP contribution in [0.3, 0.4) is 0 Å². The van der Waals surface area contributed by atoms with Crippen LogP contribution < -0.4 is 4.72 Å². The summed E-state index contributed by atoms with van der Waals surface area (Å²) in [6, 6.07) is 11.2. The summed E-state index contributed by atoms with van der Waals surface area (Å²) in [4.78, 5) is 4.43. The summed E-state index contributed by atoms with van der Waals surface area (Å²) < 4.78 is 25.5. The van der Waals surface area contributed by atoms with Gasteiger partial charge in [-0.05, 0) is 23.6 Å². The van der Waals surface area contributed by atoms with Crippen molar-refractivity contribution in [2.45, 2.75) is 19.8 Å². The number of para-hydroxylation sites is 1. The number of nitrogens with one attached hydrogen (secondary N) is 1. The smallest absolute Gasteiger partial charge is 0.229 e. The van der Waals surface area contributed by atoms with Crippen molar-refractivity contribution in [3.63, 3.8) is 0 Å². The summed E-state index contributed by atoms with van der Waals surface area (Å²) in [6.07, 6.45) is 2.87. The maximum absolute atomic E-state index is 11.5. The van der Waals surface area contributed by atoms with E-state index in [1.807, 2.05) is 24.3 Å². The van der Waals surface area contributed by atoms with E-state index in [2.05, 4.69) is 23.6 Å². The van der Waals surface area contributed by atoms with Crippen molar-refractivity contribution < 1.29 is 8.42 Å². The van der Waals surface area contributed by atoms with E-state index in [1.54, 1.807) is 18.3 Å².